The van der Waals surface area contributed by atoms with Gasteiger partial charge in [-0.15, -0.1) is 11.3 Å². The number of thiophene rings is 1. The maximum atomic E-state index is 13.8. The highest BCUT2D eigenvalue weighted by molar-refractivity contribution is 7.97. The molecule has 0 radical (unpaired) electrons. The Kier molecular flexibility index (Phi) is 5.17. The Morgan fingerprint density at radius 2 is 1.93 bits per heavy atom. The number of Topliss-reactive ketones (excluding diaryl/α,β-unsaturated/α-hetero) is 1. The van der Waals surface area contributed by atoms with Gasteiger partial charge in [-0.3, -0.25) is 9.10 Å². The van der Waals surface area contributed by atoms with Crippen LogP contribution in [0.25, 0.3) is 0 Å². The van der Waals surface area contributed by atoms with E-state index in [1.54, 1.807) is 36.6 Å². The lowest BCUT2D eigenvalue weighted by molar-refractivity contribution is 0.104. The van der Waals surface area contributed by atoms with Crippen molar-refractivity contribution in [2.75, 3.05) is 9.62 Å². The predicted octanol–water partition coefficient (Wildman–Crippen LogP) is 4.82. The molecule has 3 aromatic rings. The van der Waals surface area contributed by atoms with Gasteiger partial charge in [-0.2, -0.15) is 0 Å². The Morgan fingerprint density at radius 1 is 1.13 bits per heavy atom. The average molecular weight is 447 g/mol. The molecule has 2 aromatic carbocycles. The number of nitrogens with zero attached hydrogens (tertiary/aromatic N) is 1. The molecule has 4 rings (SSSR count). The number of ketones is 1. The second-order valence-corrected chi connectivity index (χ2v) is 9.47. The number of fused-ring (bicyclic) bond motifs is 1. The molecule has 0 bridgehead atoms. The molecule has 0 atom stereocenters. The van der Waals surface area contributed by atoms with E-state index in [1.165, 1.54) is 24.3 Å². The van der Waals surface area contributed by atoms with Crippen LogP contribution in [0, 0.1) is 18.6 Å². The molecular weight excluding hydrogens is 430 g/mol. The highest BCUT2D eigenvalue weighted by atomic mass is 32.2. The summed E-state index contributed by atoms with van der Waals surface area (Å²) in [6, 6.07) is 11.5. The van der Waals surface area contributed by atoms with Crippen molar-refractivity contribution in [1.82, 2.24) is 0 Å². The Bertz CT molecular complexity index is 1280. The number of anilines is 2. The summed E-state index contributed by atoms with van der Waals surface area (Å²) in [4.78, 5) is 12.7. The van der Waals surface area contributed by atoms with E-state index >= 15 is 0 Å². The van der Waals surface area contributed by atoms with Crippen LogP contribution in [0.15, 0.2) is 65.0 Å². The molecular formula is C21H16F2N2O3S2. The van der Waals surface area contributed by atoms with Crippen molar-refractivity contribution < 1.29 is 22.0 Å². The van der Waals surface area contributed by atoms with Crippen LogP contribution in [0.4, 0.5) is 20.2 Å². The maximum absolute atomic E-state index is 13.8. The Balaban J connectivity index is 1.74. The monoisotopic (exact) mass is 446 g/mol. The lowest BCUT2D eigenvalue weighted by atomic mass is 10.2. The third kappa shape index (κ3) is 3.61. The van der Waals surface area contributed by atoms with E-state index in [0.717, 1.165) is 21.8 Å². The molecule has 2 heterocycles. The van der Waals surface area contributed by atoms with Gasteiger partial charge in [0.2, 0.25) is 5.78 Å². The Hall–Kier alpha value is -3.04. The fraction of sp³-hybridized carbons (Fsp3) is 0.0952. The van der Waals surface area contributed by atoms with Crippen LogP contribution >= 0.6 is 11.3 Å². The normalized spacial score (nSPS) is 16.6. The van der Waals surface area contributed by atoms with Crippen molar-refractivity contribution in [3.8, 4) is 0 Å². The predicted molar refractivity (Wildman–Crippen MR) is 113 cm³/mol. The summed E-state index contributed by atoms with van der Waals surface area (Å²) in [6.07, 6.45) is 1.07. The quantitative estimate of drug-likeness (QED) is 0.584. The largest absolute Gasteiger partial charge is 0.360 e. The summed E-state index contributed by atoms with van der Waals surface area (Å²) >= 11 is 1.12. The first-order chi connectivity index (χ1) is 14.3. The summed E-state index contributed by atoms with van der Waals surface area (Å²) in [6.45, 7) is 1.48. The van der Waals surface area contributed by atoms with Crippen LogP contribution < -0.4 is 9.62 Å². The van der Waals surface area contributed by atoms with Gasteiger partial charge in [0.15, 0.2) is 4.91 Å². The van der Waals surface area contributed by atoms with Crippen molar-refractivity contribution in [1.29, 1.82) is 0 Å². The molecule has 0 saturated carbocycles. The van der Waals surface area contributed by atoms with Gasteiger partial charge in [-0.1, -0.05) is 18.2 Å². The number of hydrogen-bond acceptors (Lipinski definition) is 5. The molecule has 1 aliphatic heterocycles. The van der Waals surface area contributed by atoms with Crippen molar-refractivity contribution in [3.63, 3.8) is 0 Å². The molecule has 0 fully saturated rings. The van der Waals surface area contributed by atoms with Gasteiger partial charge in [0.05, 0.1) is 12.2 Å². The number of benzene rings is 2. The van der Waals surface area contributed by atoms with E-state index in [1.807, 2.05) is 0 Å². The molecule has 0 unspecified atom stereocenters. The molecule has 1 N–H and O–H groups in total. The molecule has 0 spiro atoms. The van der Waals surface area contributed by atoms with E-state index in [4.69, 9.17) is 0 Å². The molecule has 0 saturated heterocycles. The summed E-state index contributed by atoms with van der Waals surface area (Å²) < 4.78 is 54.9. The Labute approximate surface area is 176 Å². The van der Waals surface area contributed by atoms with Gasteiger partial charge in [-0.25, -0.2) is 17.2 Å². The fourth-order valence-corrected chi connectivity index (χ4v) is 5.57. The van der Waals surface area contributed by atoms with Crippen LogP contribution in [-0.2, 0) is 16.6 Å². The molecule has 30 heavy (non-hydrogen) atoms. The van der Waals surface area contributed by atoms with Gasteiger partial charge in [0, 0.05) is 11.9 Å². The number of aryl methyl sites for hydroxylation is 1. The van der Waals surface area contributed by atoms with E-state index in [9.17, 15) is 22.0 Å². The van der Waals surface area contributed by atoms with E-state index in [0.29, 0.717) is 16.8 Å². The first kappa shape index (κ1) is 20.2. The number of nitrogens with one attached hydrogen (secondary N) is 1. The van der Waals surface area contributed by atoms with Crippen LogP contribution in [0.3, 0.4) is 0 Å². The third-order valence-electron chi connectivity index (χ3n) is 4.67. The summed E-state index contributed by atoms with van der Waals surface area (Å²) in [5, 5.41) is 4.33. The minimum absolute atomic E-state index is 0.131. The van der Waals surface area contributed by atoms with Crippen LogP contribution in [0.1, 0.15) is 20.8 Å². The highest BCUT2D eigenvalue weighted by Gasteiger charge is 2.41. The lowest BCUT2D eigenvalue weighted by Crippen LogP contribution is -2.38. The van der Waals surface area contributed by atoms with Gasteiger partial charge in [0.1, 0.15) is 16.5 Å². The standard InChI is InChI=1S/C21H16F2N2O3S2/c1-13-5-6-16(10-17(13)23)24-11-19-20(26)21-18(7-8-29-21)25(30(19,27)28)12-14-3-2-4-15(22)9-14/h2-11,24H,12H2,1H3/b19-11-. The van der Waals surface area contributed by atoms with Gasteiger partial charge >= 0.3 is 0 Å². The zero-order valence-corrected chi connectivity index (χ0v) is 17.4. The van der Waals surface area contributed by atoms with Crippen molar-refractivity contribution in [3.05, 3.63) is 92.7 Å². The minimum Gasteiger partial charge on any atom is -0.360 e. The van der Waals surface area contributed by atoms with Crippen LogP contribution in [-0.4, -0.2) is 14.2 Å². The van der Waals surface area contributed by atoms with E-state index in [2.05, 4.69) is 5.32 Å². The van der Waals surface area contributed by atoms with E-state index < -0.39 is 32.3 Å². The van der Waals surface area contributed by atoms with Crippen LogP contribution in [0.5, 0.6) is 0 Å². The molecule has 0 amide bonds. The number of halogens is 2. The minimum atomic E-state index is -4.22. The summed E-state index contributed by atoms with van der Waals surface area (Å²) in [7, 11) is -4.22. The average Bonchev–Trinajstić information content (AvgIpc) is 3.17. The first-order valence-corrected chi connectivity index (χ1v) is 11.2. The third-order valence-corrected chi connectivity index (χ3v) is 7.34. The molecule has 9 heteroatoms. The molecule has 154 valence electrons. The lowest BCUT2D eigenvalue weighted by Gasteiger charge is -2.29. The molecule has 0 aliphatic carbocycles. The molecule has 5 nitrogen and oxygen atoms in total. The van der Waals surface area contributed by atoms with E-state index in [-0.39, 0.29) is 17.1 Å². The smallest absolute Gasteiger partial charge is 0.270 e. The first-order valence-electron chi connectivity index (χ1n) is 8.89. The zero-order valence-electron chi connectivity index (χ0n) is 15.7. The second kappa shape index (κ2) is 7.66. The van der Waals surface area contributed by atoms with Crippen molar-refractivity contribution in [2.24, 2.45) is 0 Å². The Morgan fingerprint density at radius 3 is 2.67 bits per heavy atom. The molecule has 1 aromatic heterocycles. The van der Waals surface area contributed by atoms with Crippen molar-refractivity contribution >= 4 is 38.5 Å². The number of hydrogen-bond donors (Lipinski definition) is 1. The SMILES string of the molecule is Cc1ccc(N/C=C2/C(=O)c3sccc3N(Cc3cccc(F)c3)S2(=O)=O)cc1F. The number of allylic oxidation sites excluding steroid dienone is 1. The number of rotatable bonds is 4. The number of carbonyl (C=O) groups is 1. The number of carbonyl (C=O) groups excluding carboxylic acids is 1. The van der Waals surface area contributed by atoms with Gasteiger partial charge < -0.3 is 5.32 Å². The van der Waals surface area contributed by atoms with Gasteiger partial charge in [0.25, 0.3) is 10.0 Å². The van der Waals surface area contributed by atoms with Gasteiger partial charge in [-0.05, 0) is 53.8 Å². The molecule has 1 aliphatic rings. The second-order valence-electron chi connectivity index (χ2n) is 6.72. The van der Waals surface area contributed by atoms with Crippen LogP contribution in [0.2, 0.25) is 0 Å². The summed E-state index contributed by atoms with van der Waals surface area (Å²) in [5.74, 6) is -1.58. The van der Waals surface area contributed by atoms with Crippen molar-refractivity contribution in [2.45, 2.75) is 13.5 Å². The topological polar surface area (TPSA) is 66.5 Å². The number of sulfonamides is 1. The zero-order chi connectivity index (χ0) is 21.5. The summed E-state index contributed by atoms with van der Waals surface area (Å²) in [5.41, 5.74) is 1.45. The maximum Gasteiger partial charge on any atom is 0.270 e. The highest BCUT2D eigenvalue weighted by Crippen LogP contribution is 2.39. The fourth-order valence-electron chi connectivity index (χ4n) is 3.09.